The minimum Gasteiger partial charge on any atom is -0.454 e. The summed E-state index contributed by atoms with van der Waals surface area (Å²) in [5.41, 5.74) is 2.23. The smallest absolute Gasteiger partial charge is 0.270 e. The molecule has 0 bridgehead atoms. The molecule has 1 aliphatic rings. The molecule has 7 heteroatoms. The Morgan fingerprint density at radius 3 is 2.88 bits per heavy atom. The van der Waals surface area contributed by atoms with Gasteiger partial charge in [0.2, 0.25) is 6.79 Å². The number of ether oxygens (including phenoxy) is 2. The topological polar surface area (TPSA) is 75.7 Å². The van der Waals surface area contributed by atoms with Crippen molar-refractivity contribution in [2.75, 3.05) is 39.3 Å². The first-order valence-electron chi connectivity index (χ1n) is 8.63. The van der Waals surface area contributed by atoms with Gasteiger partial charge in [-0.25, -0.2) is 0 Å². The molecule has 0 saturated heterocycles. The van der Waals surface area contributed by atoms with Gasteiger partial charge in [-0.05, 0) is 56.9 Å². The van der Waals surface area contributed by atoms with E-state index in [2.05, 4.69) is 34.6 Å². The SMILES string of the molecule is CN(C)CCCNc1ccnc(C(=O)NCc2ccc3c(c2)OCO3)c1. The Morgan fingerprint density at radius 1 is 1.19 bits per heavy atom. The molecule has 0 aliphatic carbocycles. The van der Waals surface area contributed by atoms with Crippen molar-refractivity contribution in [1.82, 2.24) is 15.2 Å². The Balaban J connectivity index is 1.52. The summed E-state index contributed by atoms with van der Waals surface area (Å²) in [6, 6.07) is 9.26. The van der Waals surface area contributed by atoms with Crippen LogP contribution in [0.25, 0.3) is 0 Å². The van der Waals surface area contributed by atoms with Crippen molar-refractivity contribution in [3.8, 4) is 11.5 Å². The highest BCUT2D eigenvalue weighted by molar-refractivity contribution is 5.93. The number of amides is 1. The minimum absolute atomic E-state index is 0.209. The van der Waals surface area contributed by atoms with Crippen molar-refractivity contribution in [2.24, 2.45) is 0 Å². The van der Waals surface area contributed by atoms with Crippen molar-refractivity contribution in [3.63, 3.8) is 0 Å². The predicted molar refractivity (Wildman–Crippen MR) is 99.6 cm³/mol. The molecule has 1 amide bonds. The van der Waals surface area contributed by atoms with Gasteiger partial charge < -0.3 is 25.0 Å². The van der Waals surface area contributed by atoms with Gasteiger partial charge in [-0.2, -0.15) is 0 Å². The van der Waals surface area contributed by atoms with Gasteiger partial charge in [0.25, 0.3) is 5.91 Å². The first-order valence-corrected chi connectivity index (χ1v) is 8.63. The first-order chi connectivity index (χ1) is 12.6. The number of hydrogen-bond donors (Lipinski definition) is 2. The lowest BCUT2D eigenvalue weighted by atomic mass is 10.2. The van der Waals surface area contributed by atoms with Crippen LogP contribution in [0.1, 0.15) is 22.5 Å². The van der Waals surface area contributed by atoms with E-state index in [-0.39, 0.29) is 12.7 Å². The highest BCUT2D eigenvalue weighted by Crippen LogP contribution is 2.32. The van der Waals surface area contributed by atoms with Crippen molar-refractivity contribution >= 4 is 11.6 Å². The highest BCUT2D eigenvalue weighted by Gasteiger charge is 2.14. The predicted octanol–water partition coefficient (Wildman–Crippen LogP) is 2.10. The molecular formula is C19H24N4O3. The van der Waals surface area contributed by atoms with Gasteiger partial charge in [-0.1, -0.05) is 6.07 Å². The molecule has 1 aromatic carbocycles. The zero-order valence-corrected chi connectivity index (χ0v) is 15.1. The summed E-state index contributed by atoms with van der Waals surface area (Å²) in [6.45, 7) is 2.50. The summed E-state index contributed by atoms with van der Waals surface area (Å²) < 4.78 is 10.6. The van der Waals surface area contributed by atoms with E-state index in [1.807, 2.05) is 24.3 Å². The lowest BCUT2D eigenvalue weighted by molar-refractivity contribution is 0.0946. The Labute approximate surface area is 153 Å². The Kier molecular flexibility index (Phi) is 5.91. The Bertz CT molecular complexity index is 764. The second-order valence-corrected chi connectivity index (χ2v) is 6.38. The third-order valence-corrected chi connectivity index (χ3v) is 3.99. The van der Waals surface area contributed by atoms with Crippen molar-refractivity contribution in [1.29, 1.82) is 0 Å². The number of anilines is 1. The van der Waals surface area contributed by atoms with Crippen LogP contribution >= 0.6 is 0 Å². The van der Waals surface area contributed by atoms with Crippen molar-refractivity contribution in [3.05, 3.63) is 47.8 Å². The van der Waals surface area contributed by atoms with E-state index >= 15 is 0 Å². The second kappa shape index (κ2) is 8.53. The normalized spacial score (nSPS) is 12.3. The number of hydrogen-bond acceptors (Lipinski definition) is 6. The molecule has 1 aromatic heterocycles. The van der Waals surface area contributed by atoms with Crippen LogP contribution in [0.15, 0.2) is 36.5 Å². The average Bonchev–Trinajstić information content (AvgIpc) is 3.11. The zero-order valence-electron chi connectivity index (χ0n) is 15.1. The summed E-state index contributed by atoms with van der Waals surface area (Å²) in [6.07, 6.45) is 2.67. The van der Waals surface area contributed by atoms with E-state index < -0.39 is 0 Å². The van der Waals surface area contributed by atoms with Crippen LogP contribution in [0.3, 0.4) is 0 Å². The molecule has 26 heavy (non-hydrogen) atoms. The number of carbonyl (C=O) groups is 1. The third kappa shape index (κ3) is 4.86. The zero-order chi connectivity index (χ0) is 18.4. The molecule has 2 heterocycles. The molecule has 0 radical (unpaired) electrons. The maximum Gasteiger partial charge on any atom is 0.270 e. The van der Waals surface area contributed by atoms with Gasteiger partial charge in [0.15, 0.2) is 11.5 Å². The molecule has 0 saturated carbocycles. The number of nitrogens with zero attached hydrogens (tertiary/aromatic N) is 2. The maximum atomic E-state index is 12.4. The van der Waals surface area contributed by atoms with Gasteiger partial charge in [0.05, 0.1) is 0 Å². The fourth-order valence-electron chi connectivity index (χ4n) is 2.62. The molecule has 7 nitrogen and oxygen atoms in total. The van der Waals surface area contributed by atoms with Crippen LogP contribution < -0.4 is 20.1 Å². The van der Waals surface area contributed by atoms with Crippen LogP contribution in [0.5, 0.6) is 11.5 Å². The third-order valence-electron chi connectivity index (χ3n) is 3.99. The van der Waals surface area contributed by atoms with Gasteiger partial charge in [-0.3, -0.25) is 9.78 Å². The standard InChI is InChI=1S/C19H24N4O3/c1-23(2)9-3-7-20-15-6-8-21-16(11-15)19(24)22-12-14-4-5-17-18(10-14)26-13-25-17/h4-6,8,10-11H,3,7,9,12-13H2,1-2H3,(H,20,21)(H,22,24). The molecule has 0 fully saturated rings. The molecule has 3 rings (SSSR count). The lowest BCUT2D eigenvalue weighted by Gasteiger charge is -2.11. The fourth-order valence-corrected chi connectivity index (χ4v) is 2.62. The summed E-state index contributed by atoms with van der Waals surface area (Å²) in [5, 5.41) is 6.20. The summed E-state index contributed by atoms with van der Waals surface area (Å²) in [7, 11) is 4.10. The van der Waals surface area contributed by atoms with E-state index in [0.29, 0.717) is 18.0 Å². The summed E-state index contributed by atoms with van der Waals surface area (Å²) >= 11 is 0. The fraction of sp³-hybridized carbons (Fsp3) is 0.368. The van der Waals surface area contributed by atoms with Crippen LogP contribution in [-0.4, -0.2) is 49.8 Å². The highest BCUT2D eigenvalue weighted by atomic mass is 16.7. The number of benzene rings is 1. The van der Waals surface area contributed by atoms with Gasteiger partial charge in [-0.15, -0.1) is 0 Å². The van der Waals surface area contributed by atoms with Crippen LogP contribution in [-0.2, 0) is 6.54 Å². The number of aromatic nitrogens is 1. The summed E-state index contributed by atoms with van der Waals surface area (Å²) in [5.74, 6) is 1.23. The first kappa shape index (κ1) is 18.0. The van der Waals surface area contributed by atoms with Crippen LogP contribution in [0.4, 0.5) is 5.69 Å². The van der Waals surface area contributed by atoms with E-state index in [0.717, 1.165) is 36.5 Å². The minimum atomic E-state index is -0.209. The van der Waals surface area contributed by atoms with Crippen molar-refractivity contribution < 1.29 is 14.3 Å². The van der Waals surface area contributed by atoms with Gasteiger partial charge >= 0.3 is 0 Å². The second-order valence-electron chi connectivity index (χ2n) is 6.38. The number of pyridine rings is 1. The molecule has 0 spiro atoms. The number of rotatable bonds is 8. The molecular weight excluding hydrogens is 332 g/mol. The van der Waals surface area contributed by atoms with E-state index in [9.17, 15) is 4.79 Å². The monoisotopic (exact) mass is 356 g/mol. The van der Waals surface area contributed by atoms with Gasteiger partial charge in [0, 0.05) is 25.0 Å². The largest absolute Gasteiger partial charge is 0.454 e. The van der Waals surface area contributed by atoms with E-state index in [4.69, 9.17) is 9.47 Å². The van der Waals surface area contributed by atoms with Gasteiger partial charge in [0.1, 0.15) is 5.69 Å². The lowest BCUT2D eigenvalue weighted by Crippen LogP contribution is -2.24. The molecule has 2 N–H and O–H groups in total. The Hall–Kier alpha value is -2.80. The summed E-state index contributed by atoms with van der Waals surface area (Å²) in [4.78, 5) is 18.7. The van der Waals surface area contributed by atoms with E-state index in [1.54, 1.807) is 12.3 Å². The van der Waals surface area contributed by atoms with Crippen LogP contribution in [0, 0.1) is 0 Å². The number of carbonyl (C=O) groups excluding carboxylic acids is 1. The molecule has 0 unspecified atom stereocenters. The van der Waals surface area contributed by atoms with Crippen molar-refractivity contribution in [2.45, 2.75) is 13.0 Å². The van der Waals surface area contributed by atoms with Crippen LogP contribution in [0.2, 0.25) is 0 Å². The number of nitrogens with one attached hydrogen (secondary N) is 2. The quantitative estimate of drug-likeness (QED) is 0.706. The molecule has 138 valence electrons. The molecule has 1 aliphatic heterocycles. The average molecular weight is 356 g/mol. The van der Waals surface area contributed by atoms with E-state index in [1.165, 1.54) is 0 Å². The Morgan fingerprint density at radius 2 is 2.04 bits per heavy atom. The molecule has 0 atom stereocenters. The maximum absolute atomic E-state index is 12.4. The molecule has 2 aromatic rings. The number of fused-ring (bicyclic) bond motifs is 1.